The van der Waals surface area contributed by atoms with Crippen molar-refractivity contribution in [3.05, 3.63) is 16.3 Å². The molecule has 9 nitrogen and oxygen atoms in total. The van der Waals surface area contributed by atoms with Gasteiger partial charge in [0, 0.05) is 52.2 Å². The molecule has 3 rings (SSSR count). The van der Waals surface area contributed by atoms with E-state index in [0.29, 0.717) is 52.2 Å². The summed E-state index contributed by atoms with van der Waals surface area (Å²) in [5.41, 5.74) is -0.172. The van der Waals surface area contributed by atoms with Crippen molar-refractivity contribution in [3.63, 3.8) is 0 Å². The lowest BCUT2D eigenvalue weighted by Gasteiger charge is -2.37. The number of likely N-dealkylation sites (tertiary alicyclic amines) is 2. The lowest BCUT2D eigenvalue weighted by molar-refractivity contribution is -0.144. The maximum atomic E-state index is 12.9. The third-order valence-electron chi connectivity index (χ3n) is 5.69. The number of aromatic nitrogens is 3. The number of H-pyrrole nitrogens is 1. The van der Waals surface area contributed by atoms with Gasteiger partial charge >= 0.3 is 5.69 Å². The quantitative estimate of drug-likeness (QED) is 0.760. The van der Waals surface area contributed by atoms with E-state index in [1.165, 1.54) is 0 Å². The molecular formula is C18H29N5O4. The largest absolute Gasteiger partial charge is 0.383 e. The number of aromatic amines is 1. The summed E-state index contributed by atoms with van der Waals surface area (Å²) in [5, 5.41) is 6.71. The maximum absolute atomic E-state index is 12.9. The first-order valence-corrected chi connectivity index (χ1v) is 9.75. The van der Waals surface area contributed by atoms with Gasteiger partial charge < -0.3 is 14.5 Å². The zero-order chi connectivity index (χ0) is 19.4. The van der Waals surface area contributed by atoms with Gasteiger partial charge in [-0.1, -0.05) is 0 Å². The van der Waals surface area contributed by atoms with E-state index in [1.807, 2.05) is 11.8 Å². The van der Waals surface area contributed by atoms with Crippen molar-refractivity contribution < 1.29 is 14.3 Å². The van der Waals surface area contributed by atoms with Gasteiger partial charge in [0.15, 0.2) is 0 Å². The molecule has 150 valence electrons. The Kier molecular flexibility index (Phi) is 6.30. The molecule has 1 unspecified atom stereocenters. The summed E-state index contributed by atoms with van der Waals surface area (Å²) in [7, 11) is 1.61. The molecule has 0 radical (unpaired) electrons. The molecule has 0 aliphatic carbocycles. The summed E-state index contributed by atoms with van der Waals surface area (Å²) < 4.78 is 6.73. The molecule has 0 aromatic carbocycles. The average Bonchev–Trinajstić information content (AvgIpc) is 3.07. The van der Waals surface area contributed by atoms with Crippen LogP contribution in [0.15, 0.2) is 4.79 Å². The van der Waals surface area contributed by atoms with E-state index in [2.05, 4.69) is 10.2 Å². The topological polar surface area (TPSA) is 101 Å². The van der Waals surface area contributed by atoms with Gasteiger partial charge in [-0.05, 0) is 26.2 Å². The number of nitrogens with one attached hydrogen (secondary N) is 1. The molecule has 2 aliphatic rings. The highest BCUT2D eigenvalue weighted by Crippen LogP contribution is 2.28. The predicted octanol–water partition coefficient (Wildman–Crippen LogP) is 0.182. The fraction of sp³-hybridized carbons (Fsp3) is 0.778. The van der Waals surface area contributed by atoms with Gasteiger partial charge in [0.1, 0.15) is 5.82 Å². The summed E-state index contributed by atoms with van der Waals surface area (Å²) in [5.74, 6) is 1.10. The molecule has 2 saturated heterocycles. The fourth-order valence-electron chi connectivity index (χ4n) is 4.10. The highest BCUT2D eigenvalue weighted by Gasteiger charge is 2.34. The Balaban J connectivity index is 1.56. The maximum Gasteiger partial charge on any atom is 0.343 e. The second-order valence-electron chi connectivity index (χ2n) is 7.30. The van der Waals surface area contributed by atoms with Crippen LogP contribution in [0.25, 0.3) is 0 Å². The number of methoxy groups -OCH3 is 1. The number of nitrogens with zero attached hydrogens (tertiary/aromatic N) is 4. The molecule has 1 aromatic heterocycles. The summed E-state index contributed by atoms with van der Waals surface area (Å²) in [6.07, 6.45) is 2.65. The third kappa shape index (κ3) is 4.23. The van der Waals surface area contributed by atoms with Crippen molar-refractivity contribution in [2.24, 2.45) is 5.92 Å². The van der Waals surface area contributed by atoms with Gasteiger partial charge in [-0.3, -0.25) is 14.2 Å². The lowest BCUT2D eigenvalue weighted by Crippen LogP contribution is -2.49. The Hall–Kier alpha value is -2.16. The molecule has 0 bridgehead atoms. The Bertz CT molecular complexity index is 720. The lowest BCUT2D eigenvalue weighted by atomic mass is 9.92. The number of carbonyl (C=O) groups is 2. The molecule has 3 heterocycles. The van der Waals surface area contributed by atoms with Gasteiger partial charge in [-0.15, -0.1) is 0 Å². The van der Waals surface area contributed by atoms with E-state index in [-0.39, 0.29) is 29.3 Å². The van der Waals surface area contributed by atoms with Crippen LogP contribution in [-0.2, 0) is 20.9 Å². The van der Waals surface area contributed by atoms with Crippen molar-refractivity contribution >= 4 is 11.8 Å². The van der Waals surface area contributed by atoms with Crippen LogP contribution in [0.1, 0.15) is 44.3 Å². The van der Waals surface area contributed by atoms with E-state index >= 15 is 0 Å². The summed E-state index contributed by atoms with van der Waals surface area (Å²) in [6.45, 7) is 5.36. The van der Waals surface area contributed by atoms with Crippen molar-refractivity contribution in [3.8, 4) is 0 Å². The zero-order valence-corrected chi connectivity index (χ0v) is 16.1. The van der Waals surface area contributed by atoms with Crippen LogP contribution in [0.3, 0.4) is 0 Å². The van der Waals surface area contributed by atoms with Crippen LogP contribution in [0, 0.1) is 5.92 Å². The second kappa shape index (κ2) is 8.69. The summed E-state index contributed by atoms with van der Waals surface area (Å²) >= 11 is 0. The van der Waals surface area contributed by atoms with E-state index in [0.717, 1.165) is 18.7 Å². The summed E-state index contributed by atoms with van der Waals surface area (Å²) in [6, 6.07) is 0. The first-order valence-electron chi connectivity index (χ1n) is 9.75. The molecule has 1 aromatic rings. The van der Waals surface area contributed by atoms with Gasteiger partial charge in [-0.2, -0.15) is 5.10 Å². The normalized spacial score (nSPS) is 21.7. The van der Waals surface area contributed by atoms with Crippen LogP contribution >= 0.6 is 0 Å². The van der Waals surface area contributed by atoms with Crippen LogP contribution < -0.4 is 5.69 Å². The molecule has 2 fully saturated rings. The van der Waals surface area contributed by atoms with Crippen molar-refractivity contribution in [2.45, 2.75) is 45.1 Å². The molecule has 9 heteroatoms. The SMILES string of the molecule is CCn1c(C2CCN(C(=O)C3CCC(=O)N(CCOC)C3)CC2)n[nH]c1=O. The number of rotatable bonds is 6. The highest BCUT2D eigenvalue weighted by molar-refractivity contribution is 5.84. The number of ether oxygens (including phenoxy) is 1. The molecule has 2 amide bonds. The highest BCUT2D eigenvalue weighted by atomic mass is 16.5. The first kappa shape index (κ1) is 19.6. The number of hydrogen-bond donors (Lipinski definition) is 1. The zero-order valence-electron chi connectivity index (χ0n) is 16.1. The first-order chi connectivity index (χ1) is 13.0. The van der Waals surface area contributed by atoms with Gasteiger partial charge in [0.05, 0.1) is 12.5 Å². The van der Waals surface area contributed by atoms with Crippen LogP contribution in [0.4, 0.5) is 0 Å². The minimum absolute atomic E-state index is 0.103. The Morgan fingerprint density at radius 2 is 2.00 bits per heavy atom. The van der Waals surface area contributed by atoms with Gasteiger partial charge in [0.2, 0.25) is 11.8 Å². The molecule has 27 heavy (non-hydrogen) atoms. The third-order valence-corrected chi connectivity index (χ3v) is 5.69. The van der Waals surface area contributed by atoms with Crippen molar-refractivity contribution in [1.82, 2.24) is 24.6 Å². The fourth-order valence-corrected chi connectivity index (χ4v) is 4.10. The molecular weight excluding hydrogens is 350 g/mol. The molecule has 2 aliphatic heterocycles. The number of hydrogen-bond acceptors (Lipinski definition) is 5. The standard InChI is InChI=1S/C18H29N5O4/c1-3-23-16(19-20-18(23)26)13-6-8-21(9-7-13)17(25)14-4-5-15(24)22(12-14)10-11-27-2/h13-14H,3-12H2,1-2H3,(H,20,26). The number of carbonyl (C=O) groups excluding carboxylic acids is 2. The Morgan fingerprint density at radius 3 is 2.67 bits per heavy atom. The van der Waals surface area contributed by atoms with Gasteiger partial charge in [0.25, 0.3) is 0 Å². The minimum Gasteiger partial charge on any atom is -0.383 e. The molecule has 0 spiro atoms. The van der Waals surface area contributed by atoms with E-state index in [9.17, 15) is 14.4 Å². The Labute approximate surface area is 158 Å². The Morgan fingerprint density at radius 1 is 1.26 bits per heavy atom. The predicted molar refractivity (Wildman–Crippen MR) is 98.3 cm³/mol. The smallest absolute Gasteiger partial charge is 0.343 e. The van der Waals surface area contributed by atoms with Crippen LogP contribution in [-0.4, -0.2) is 76.3 Å². The molecule has 1 atom stereocenters. The number of piperidine rings is 2. The number of amides is 2. The monoisotopic (exact) mass is 379 g/mol. The van der Waals surface area contributed by atoms with E-state index < -0.39 is 0 Å². The summed E-state index contributed by atoms with van der Waals surface area (Å²) in [4.78, 5) is 40.4. The van der Waals surface area contributed by atoms with E-state index in [1.54, 1.807) is 16.6 Å². The van der Waals surface area contributed by atoms with E-state index in [4.69, 9.17) is 4.74 Å². The molecule has 1 N–H and O–H groups in total. The van der Waals surface area contributed by atoms with Crippen LogP contribution in [0.5, 0.6) is 0 Å². The van der Waals surface area contributed by atoms with Crippen LogP contribution in [0.2, 0.25) is 0 Å². The average molecular weight is 379 g/mol. The van der Waals surface area contributed by atoms with Gasteiger partial charge in [-0.25, -0.2) is 9.89 Å². The molecule has 0 saturated carbocycles. The minimum atomic E-state index is -0.172. The second-order valence-corrected chi connectivity index (χ2v) is 7.30. The van der Waals surface area contributed by atoms with Crippen molar-refractivity contribution in [2.75, 3.05) is 39.9 Å². The van der Waals surface area contributed by atoms with Crippen molar-refractivity contribution in [1.29, 1.82) is 0 Å².